The molecule has 0 radical (unpaired) electrons. The molecule has 6 heteroatoms. The summed E-state index contributed by atoms with van der Waals surface area (Å²) in [6.45, 7) is 0. The Bertz CT molecular complexity index is 590. The zero-order valence-electron chi connectivity index (χ0n) is 11.8. The van der Waals surface area contributed by atoms with Crippen molar-refractivity contribution in [1.29, 1.82) is 0 Å². The predicted octanol–water partition coefficient (Wildman–Crippen LogP) is 4.95. The summed E-state index contributed by atoms with van der Waals surface area (Å²) >= 11 is 17.9. The molecular weight excluding hydrogens is 347 g/mol. The first-order valence-corrected chi connectivity index (χ1v) is 8.49. The number of halogens is 3. The van der Waals surface area contributed by atoms with E-state index in [0.29, 0.717) is 23.6 Å². The van der Waals surface area contributed by atoms with E-state index in [2.05, 4.69) is 0 Å². The highest BCUT2D eigenvalue weighted by Crippen LogP contribution is 2.42. The van der Waals surface area contributed by atoms with Gasteiger partial charge in [0.2, 0.25) is 0 Å². The molecular formula is C16H15Cl3O3. The zero-order chi connectivity index (χ0) is 15.9. The van der Waals surface area contributed by atoms with Crippen LogP contribution in [0, 0.1) is 17.8 Å². The van der Waals surface area contributed by atoms with Gasteiger partial charge in [-0.1, -0.05) is 41.2 Å². The third-order valence-electron chi connectivity index (χ3n) is 4.55. The molecule has 0 saturated heterocycles. The number of benzene rings is 1. The van der Waals surface area contributed by atoms with E-state index in [-0.39, 0.29) is 39.5 Å². The monoisotopic (exact) mass is 360 g/mol. The predicted molar refractivity (Wildman–Crippen MR) is 85.7 cm³/mol. The summed E-state index contributed by atoms with van der Waals surface area (Å²) in [5.74, 6) is -0.175. The fourth-order valence-electron chi connectivity index (χ4n) is 3.48. The van der Waals surface area contributed by atoms with Crippen LogP contribution < -0.4 is 4.74 Å². The maximum atomic E-state index is 12.4. The third-order valence-corrected chi connectivity index (χ3v) is 5.33. The van der Waals surface area contributed by atoms with E-state index in [1.807, 2.05) is 0 Å². The van der Waals surface area contributed by atoms with Crippen LogP contribution in [0.15, 0.2) is 12.1 Å². The third kappa shape index (κ3) is 3.12. The molecule has 3 rings (SSSR count). The molecule has 1 aromatic rings. The quantitative estimate of drug-likeness (QED) is 0.553. The van der Waals surface area contributed by atoms with Crippen molar-refractivity contribution in [3.8, 4) is 5.75 Å². The van der Waals surface area contributed by atoms with Crippen LogP contribution in [0.1, 0.15) is 32.1 Å². The molecule has 22 heavy (non-hydrogen) atoms. The lowest BCUT2D eigenvalue weighted by atomic mass is 9.67. The molecule has 0 aliphatic heterocycles. The van der Waals surface area contributed by atoms with Crippen LogP contribution in [-0.4, -0.2) is 11.8 Å². The molecule has 0 spiro atoms. The lowest BCUT2D eigenvalue weighted by Gasteiger charge is -2.36. The fraction of sp³-hybridized carbons (Fsp3) is 0.500. The van der Waals surface area contributed by atoms with Crippen molar-refractivity contribution in [3.63, 3.8) is 0 Å². The number of ketones is 1. The molecule has 2 atom stereocenters. The molecule has 0 aromatic heterocycles. The van der Waals surface area contributed by atoms with Crippen molar-refractivity contribution >= 4 is 46.6 Å². The summed E-state index contributed by atoms with van der Waals surface area (Å²) in [5, 5.41) is 0.795. The van der Waals surface area contributed by atoms with Crippen LogP contribution in [0.2, 0.25) is 15.1 Å². The Hall–Kier alpha value is -0.770. The minimum Gasteiger partial charge on any atom is -0.423 e. The summed E-state index contributed by atoms with van der Waals surface area (Å²) in [7, 11) is 0. The highest BCUT2D eigenvalue weighted by atomic mass is 35.5. The minimum absolute atomic E-state index is 0.00112. The van der Waals surface area contributed by atoms with E-state index < -0.39 is 0 Å². The van der Waals surface area contributed by atoms with Crippen LogP contribution in [0.5, 0.6) is 5.75 Å². The first-order chi connectivity index (χ1) is 10.5. The van der Waals surface area contributed by atoms with E-state index >= 15 is 0 Å². The van der Waals surface area contributed by atoms with E-state index in [1.54, 1.807) is 0 Å². The van der Waals surface area contributed by atoms with Gasteiger partial charge in [0.25, 0.3) is 0 Å². The van der Waals surface area contributed by atoms with Crippen LogP contribution in [0.3, 0.4) is 0 Å². The summed E-state index contributed by atoms with van der Waals surface area (Å²) < 4.78 is 5.40. The maximum Gasteiger partial charge on any atom is 0.314 e. The molecule has 2 bridgehead atoms. The second-order valence-corrected chi connectivity index (χ2v) is 7.27. The van der Waals surface area contributed by atoms with Crippen molar-refractivity contribution < 1.29 is 14.3 Å². The van der Waals surface area contributed by atoms with Crippen LogP contribution >= 0.6 is 34.8 Å². The first-order valence-electron chi connectivity index (χ1n) is 7.35. The van der Waals surface area contributed by atoms with Gasteiger partial charge in [0, 0.05) is 16.9 Å². The summed E-state index contributed by atoms with van der Waals surface area (Å²) in [6.07, 6.45) is 3.95. The topological polar surface area (TPSA) is 43.4 Å². The Morgan fingerprint density at radius 2 is 1.59 bits per heavy atom. The molecule has 2 aliphatic rings. The van der Waals surface area contributed by atoms with Gasteiger partial charge in [0.15, 0.2) is 5.75 Å². The number of carbonyl (C=O) groups excluding carboxylic acids is 2. The highest BCUT2D eigenvalue weighted by Gasteiger charge is 2.42. The molecule has 2 unspecified atom stereocenters. The van der Waals surface area contributed by atoms with E-state index in [0.717, 1.165) is 19.3 Å². The Morgan fingerprint density at radius 3 is 2.14 bits per heavy atom. The van der Waals surface area contributed by atoms with Crippen LogP contribution in [-0.2, 0) is 9.59 Å². The average molecular weight is 362 g/mol. The SMILES string of the molecule is O=C(Oc1c(Cl)cc(Cl)cc1Cl)C1CC2CCCC(C1)C2=O. The molecule has 2 aliphatic carbocycles. The molecule has 1 aromatic carbocycles. The standard InChI is InChI=1S/C16H15Cl3O3/c17-11-6-12(18)15(13(19)7-11)22-16(21)10-4-8-2-1-3-9(5-10)14(8)20/h6-10H,1-5H2. The number of hydrogen-bond donors (Lipinski definition) is 0. The van der Waals surface area contributed by atoms with Gasteiger partial charge in [0.1, 0.15) is 5.78 Å². The van der Waals surface area contributed by atoms with E-state index in [9.17, 15) is 9.59 Å². The van der Waals surface area contributed by atoms with Gasteiger partial charge in [-0.25, -0.2) is 0 Å². The van der Waals surface area contributed by atoms with Crippen molar-refractivity contribution in [2.75, 3.05) is 0 Å². The normalized spacial score (nSPS) is 27.6. The second kappa shape index (κ2) is 6.38. The van der Waals surface area contributed by atoms with Gasteiger partial charge in [-0.2, -0.15) is 0 Å². The van der Waals surface area contributed by atoms with Crippen LogP contribution in [0.25, 0.3) is 0 Å². The minimum atomic E-state index is -0.365. The number of carbonyl (C=O) groups is 2. The van der Waals surface area contributed by atoms with Crippen LogP contribution in [0.4, 0.5) is 0 Å². The number of fused-ring (bicyclic) bond motifs is 2. The van der Waals surface area contributed by atoms with Gasteiger partial charge in [-0.15, -0.1) is 0 Å². The summed E-state index contributed by atoms with van der Waals surface area (Å²) in [6, 6.07) is 2.97. The van der Waals surface area contributed by atoms with Crippen molar-refractivity contribution in [2.45, 2.75) is 32.1 Å². The zero-order valence-corrected chi connectivity index (χ0v) is 14.0. The van der Waals surface area contributed by atoms with Crippen molar-refractivity contribution in [3.05, 3.63) is 27.2 Å². The van der Waals surface area contributed by atoms with E-state index in [1.165, 1.54) is 12.1 Å². The molecule has 2 fully saturated rings. The van der Waals surface area contributed by atoms with Crippen molar-refractivity contribution in [2.24, 2.45) is 17.8 Å². The molecule has 3 nitrogen and oxygen atoms in total. The Morgan fingerprint density at radius 1 is 1.05 bits per heavy atom. The lowest BCUT2D eigenvalue weighted by Crippen LogP contribution is -2.40. The number of rotatable bonds is 2. The largest absolute Gasteiger partial charge is 0.423 e. The van der Waals surface area contributed by atoms with E-state index in [4.69, 9.17) is 39.5 Å². The first kappa shape index (κ1) is 16.1. The molecule has 0 amide bonds. The van der Waals surface area contributed by atoms with Gasteiger partial charge in [0.05, 0.1) is 16.0 Å². The van der Waals surface area contributed by atoms with Gasteiger partial charge >= 0.3 is 5.97 Å². The maximum absolute atomic E-state index is 12.4. The summed E-state index contributed by atoms with van der Waals surface area (Å²) in [4.78, 5) is 24.5. The molecule has 0 N–H and O–H groups in total. The molecule has 2 saturated carbocycles. The summed E-state index contributed by atoms with van der Waals surface area (Å²) in [5.41, 5.74) is 0. The number of hydrogen-bond acceptors (Lipinski definition) is 3. The van der Waals surface area contributed by atoms with Gasteiger partial charge in [-0.05, 0) is 37.8 Å². The van der Waals surface area contributed by atoms with Gasteiger partial charge < -0.3 is 4.74 Å². The second-order valence-electron chi connectivity index (χ2n) is 6.02. The van der Waals surface area contributed by atoms with Crippen molar-refractivity contribution in [1.82, 2.24) is 0 Å². The Labute approximate surface area is 143 Å². The Balaban J connectivity index is 1.74. The molecule has 0 heterocycles. The number of esters is 1. The smallest absolute Gasteiger partial charge is 0.314 e. The lowest BCUT2D eigenvalue weighted by molar-refractivity contribution is -0.145. The fourth-order valence-corrected chi connectivity index (χ4v) is 4.38. The highest BCUT2D eigenvalue weighted by molar-refractivity contribution is 6.40. The average Bonchev–Trinajstić information content (AvgIpc) is 2.42. The Kier molecular flexibility index (Phi) is 4.67. The number of Topliss-reactive ketones (excluding diaryl/α,β-unsaturated/α-hetero) is 1. The van der Waals surface area contributed by atoms with Gasteiger partial charge in [-0.3, -0.25) is 9.59 Å². The number of ether oxygens (including phenoxy) is 1. The molecule has 118 valence electrons.